The highest BCUT2D eigenvalue weighted by atomic mass is 32.1. The molecule has 0 aliphatic heterocycles. The lowest BCUT2D eigenvalue weighted by molar-refractivity contribution is 0.415. The molecule has 0 radical (unpaired) electrons. The van der Waals surface area contributed by atoms with Gasteiger partial charge < -0.3 is 15.4 Å². The van der Waals surface area contributed by atoms with Crippen molar-refractivity contribution in [2.24, 2.45) is 0 Å². The van der Waals surface area contributed by atoms with Crippen molar-refractivity contribution in [1.29, 1.82) is 0 Å². The van der Waals surface area contributed by atoms with Gasteiger partial charge in [0.2, 0.25) is 0 Å². The van der Waals surface area contributed by atoms with Gasteiger partial charge in [0.1, 0.15) is 5.75 Å². The highest BCUT2D eigenvalue weighted by Gasteiger charge is 1.96. The maximum atomic E-state index is 5.07. The van der Waals surface area contributed by atoms with Gasteiger partial charge in [0.25, 0.3) is 0 Å². The van der Waals surface area contributed by atoms with E-state index in [2.05, 4.69) is 10.6 Å². The van der Waals surface area contributed by atoms with Gasteiger partial charge in [0.15, 0.2) is 5.11 Å². The van der Waals surface area contributed by atoms with Crippen molar-refractivity contribution < 1.29 is 4.74 Å². The number of hydrogen-bond donors (Lipinski definition) is 2. The third-order valence-electron chi connectivity index (χ3n) is 1.55. The Balaban J connectivity index is 2.71. The minimum Gasteiger partial charge on any atom is -0.497 e. The molecule has 0 amide bonds. The van der Waals surface area contributed by atoms with Crippen LogP contribution in [0.25, 0.3) is 0 Å². The Kier molecular flexibility index (Phi) is 3.52. The second-order valence-corrected chi connectivity index (χ2v) is 2.84. The molecule has 0 saturated heterocycles. The third-order valence-corrected chi connectivity index (χ3v) is 1.86. The van der Waals surface area contributed by atoms with Crippen LogP contribution >= 0.6 is 12.2 Å². The Hall–Kier alpha value is -1.29. The molecule has 13 heavy (non-hydrogen) atoms. The molecule has 0 atom stereocenters. The summed E-state index contributed by atoms with van der Waals surface area (Å²) in [5.74, 6) is 0.809. The van der Waals surface area contributed by atoms with Crippen LogP contribution in [0.5, 0.6) is 5.75 Å². The Labute approximate surface area is 83.1 Å². The SMILES string of the molecule is CNC(=S)Nc1cccc(OC)c1. The van der Waals surface area contributed by atoms with E-state index in [0.29, 0.717) is 5.11 Å². The van der Waals surface area contributed by atoms with E-state index in [0.717, 1.165) is 11.4 Å². The monoisotopic (exact) mass is 196 g/mol. The van der Waals surface area contributed by atoms with Gasteiger partial charge >= 0.3 is 0 Å². The number of rotatable bonds is 2. The largest absolute Gasteiger partial charge is 0.497 e. The molecule has 0 saturated carbocycles. The molecule has 0 aliphatic rings. The van der Waals surface area contributed by atoms with Crippen LogP contribution in [0.1, 0.15) is 0 Å². The molecule has 3 nitrogen and oxygen atoms in total. The van der Waals surface area contributed by atoms with Gasteiger partial charge in [-0.3, -0.25) is 0 Å². The molecule has 0 aliphatic carbocycles. The minimum atomic E-state index is 0.591. The molecule has 0 aromatic heterocycles. The van der Waals surface area contributed by atoms with E-state index >= 15 is 0 Å². The number of anilines is 1. The number of methoxy groups -OCH3 is 1. The summed E-state index contributed by atoms with van der Waals surface area (Å²) in [6.45, 7) is 0. The molecule has 0 unspecified atom stereocenters. The molecule has 70 valence electrons. The molecule has 1 rings (SSSR count). The van der Waals surface area contributed by atoms with Crippen molar-refractivity contribution in [1.82, 2.24) is 5.32 Å². The molecule has 0 fully saturated rings. The quantitative estimate of drug-likeness (QED) is 0.704. The van der Waals surface area contributed by atoms with Crippen LogP contribution in [0, 0.1) is 0 Å². The normalized spacial score (nSPS) is 9.08. The molecule has 2 N–H and O–H groups in total. The Morgan fingerprint density at radius 2 is 2.23 bits per heavy atom. The van der Waals surface area contributed by atoms with Gasteiger partial charge in [0.05, 0.1) is 7.11 Å². The van der Waals surface area contributed by atoms with Crippen LogP contribution in [0.15, 0.2) is 24.3 Å². The maximum Gasteiger partial charge on any atom is 0.170 e. The van der Waals surface area contributed by atoms with Crippen molar-refractivity contribution in [3.8, 4) is 5.75 Å². The standard InChI is InChI=1S/C9H12N2OS/c1-10-9(13)11-7-4-3-5-8(6-7)12-2/h3-6H,1-2H3,(H2,10,11,13). The second kappa shape index (κ2) is 4.67. The summed E-state index contributed by atoms with van der Waals surface area (Å²) in [4.78, 5) is 0. The molecule has 4 heteroatoms. The van der Waals surface area contributed by atoms with E-state index in [1.807, 2.05) is 24.3 Å². The molecular formula is C9H12N2OS. The summed E-state index contributed by atoms with van der Waals surface area (Å²) in [6.07, 6.45) is 0. The fourth-order valence-electron chi connectivity index (χ4n) is 0.894. The first-order valence-electron chi connectivity index (χ1n) is 3.89. The van der Waals surface area contributed by atoms with E-state index < -0.39 is 0 Å². The third kappa shape index (κ3) is 2.91. The lowest BCUT2D eigenvalue weighted by Gasteiger charge is -2.07. The lowest BCUT2D eigenvalue weighted by atomic mass is 10.3. The van der Waals surface area contributed by atoms with Gasteiger partial charge in [-0.25, -0.2) is 0 Å². The Morgan fingerprint density at radius 1 is 1.46 bits per heavy atom. The van der Waals surface area contributed by atoms with Crippen molar-refractivity contribution >= 4 is 23.0 Å². The predicted octanol–water partition coefficient (Wildman–Crippen LogP) is 1.61. The van der Waals surface area contributed by atoms with Crippen molar-refractivity contribution in [3.05, 3.63) is 24.3 Å². The first kappa shape index (κ1) is 9.80. The summed E-state index contributed by atoms with van der Waals surface area (Å²) >= 11 is 4.95. The zero-order chi connectivity index (χ0) is 9.68. The van der Waals surface area contributed by atoms with E-state index in [1.165, 1.54) is 0 Å². The lowest BCUT2D eigenvalue weighted by Crippen LogP contribution is -2.23. The number of nitrogens with one attached hydrogen (secondary N) is 2. The van der Waals surface area contributed by atoms with Gasteiger partial charge in [-0.1, -0.05) is 6.07 Å². The van der Waals surface area contributed by atoms with Gasteiger partial charge in [-0.2, -0.15) is 0 Å². The zero-order valence-corrected chi connectivity index (χ0v) is 8.44. The highest BCUT2D eigenvalue weighted by molar-refractivity contribution is 7.80. The second-order valence-electron chi connectivity index (χ2n) is 2.44. The number of ether oxygens (including phenoxy) is 1. The number of benzene rings is 1. The Morgan fingerprint density at radius 3 is 2.85 bits per heavy atom. The van der Waals surface area contributed by atoms with Gasteiger partial charge in [-0.15, -0.1) is 0 Å². The van der Waals surface area contributed by atoms with Crippen LogP contribution in [-0.2, 0) is 0 Å². The molecular weight excluding hydrogens is 184 g/mol. The summed E-state index contributed by atoms with van der Waals surface area (Å²) in [5, 5.41) is 6.43. The molecule has 1 aromatic carbocycles. The topological polar surface area (TPSA) is 33.3 Å². The summed E-state index contributed by atoms with van der Waals surface area (Å²) in [6, 6.07) is 7.59. The smallest absolute Gasteiger partial charge is 0.170 e. The Bertz CT molecular complexity index is 301. The van der Waals surface area contributed by atoms with Crippen LogP contribution < -0.4 is 15.4 Å². The summed E-state index contributed by atoms with van der Waals surface area (Å²) in [7, 11) is 3.41. The fourth-order valence-corrected chi connectivity index (χ4v) is 1.01. The number of thiocarbonyl (C=S) groups is 1. The highest BCUT2D eigenvalue weighted by Crippen LogP contribution is 2.16. The van der Waals surface area contributed by atoms with Crippen molar-refractivity contribution in [2.75, 3.05) is 19.5 Å². The molecule has 0 bridgehead atoms. The first-order chi connectivity index (χ1) is 6.26. The molecule has 0 spiro atoms. The fraction of sp³-hybridized carbons (Fsp3) is 0.222. The predicted molar refractivity (Wildman–Crippen MR) is 58.3 cm³/mol. The van der Waals surface area contributed by atoms with Crippen LogP contribution in [-0.4, -0.2) is 19.3 Å². The van der Waals surface area contributed by atoms with E-state index in [4.69, 9.17) is 17.0 Å². The van der Waals surface area contributed by atoms with Gasteiger partial charge in [0, 0.05) is 18.8 Å². The average molecular weight is 196 g/mol. The maximum absolute atomic E-state index is 5.07. The molecule has 1 aromatic rings. The van der Waals surface area contributed by atoms with Crippen LogP contribution in [0.2, 0.25) is 0 Å². The summed E-state index contributed by atoms with van der Waals surface area (Å²) in [5.41, 5.74) is 0.915. The summed E-state index contributed by atoms with van der Waals surface area (Å²) < 4.78 is 5.07. The average Bonchev–Trinajstić information content (AvgIpc) is 2.18. The van der Waals surface area contributed by atoms with Crippen LogP contribution in [0.3, 0.4) is 0 Å². The minimum absolute atomic E-state index is 0.591. The van der Waals surface area contributed by atoms with Crippen molar-refractivity contribution in [3.63, 3.8) is 0 Å². The van der Waals surface area contributed by atoms with Gasteiger partial charge in [-0.05, 0) is 24.4 Å². The van der Waals surface area contributed by atoms with E-state index in [-0.39, 0.29) is 0 Å². The van der Waals surface area contributed by atoms with E-state index in [1.54, 1.807) is 14.2 Å². The van der Waals surface area contributed by atoms with Crippen LogP contribution in [0.4, 0.5) is 5.69 Å². The first-order valence-corrected chi connectivity index (χ1v) is 4.30. The zero-order valence-electron chi connectivity index (χ0n) is 7.63. The molecule has 0 heterocycles. The van der Waals surface area contributed by atoms with Crippen molar-refractivity contribution in [2.45, 2.75) is 0 Å². The number of hydrogen-bond acceptors (Lipinski definition) is 2. The van der Waals surface area contributed by atoms with E-state index in [9.17, 15) is 0 Å².